The monoisotopic (exact) mass is 377 g/mol. The Balaban J connectivity index is 3.00. The molecule has 0 fully saturated rings. The zero-order valence-corrected chi connectivity index (χ0v) is 14.7. The summed E-state index contributed by atoms with van der Waals surface area (Å²) < 4.78 is 27.8. The highest BCUT2D eigenvalue weighted by Crippen LogP contribution is 2.27. The second-order valence-electron chi connectivity index (χ2n) is 5.03. The SMILES string of the molecule is CCC(CC)(CNS(=O)(=O)c1ccc(Br)c(C)c1)C(=O)O. The number of carboxylic acids is 1. The van der Waals surface area contributed by atoms with Crippen LogP contribution in [-0.2, 0) is 14.8 Å². The number of benzene rings is 1. The molecule has 0 aliphatic carbocycles. The van der Waals surface area contributed by atoms with Crippen LogP contribution in [0.1, 0.15) is 32.3 Å². The average molecular weight is 378 g/mol. The Labute approximate surface area is 133 Å². The number of aryl methyl sites for hydroxylation is 1. The summed E-state index contributed by atoms with van der Waals surface area (Å²) in [7, 11) is -3.72. The standard InChI is InChI=1S/C14H20BrNO4S/c1-4-14(5-2,13(17)18)9-16-21(19,20)11-6-7-12(15)10(3)8-11/h6-8,16H,4-5,9H2,1-3H3,(H,17,18). The topological polar surface area (TPSA) is 83.5 Å². The van der Waals surface area contributed by atoms with E-state index in [2.05, 4.69) is 20.7 Å². The van der Waals surface area contributed by atoms with E-state index in [0.29, 0.717) is 12.8 Å². The van der Waals surface area contributed by atoms with Crippen LogP contribution in [0, 0.1) is 12.3 Å². The van der Waals surface area contributed by atoms with Gasteiger partial charge in [-0.15, -0.1) is 0 Å². The summed E-state index contributed by atoms with van der Waals surface area (Å²) in [6, 6.07) is 4.69. The highest BCUT2D eigenvalue weighted by molar-refractivity contribution is 9.10. The van der Waals surface area contributed by atoms with E-state index in [1.165, 1.54) is 6.07 Å². The summed E-state index contributed by atoms with van der Waals surface area (Å²) in [5.74, 6) is -0.984. The third-order valence-corrected chi connectivity index (χ3v) is 6.14. The van der Waals surface area contributed by atoms with Crippen LogP contribution in [0.4, 0.5) is 0 Å². The van der Waals surface area contributed by atoms with E-state index in [0.717, 1.165) is 10.0 Å². The zero-order chi connectivity index (χ0) is 16.3. The molecule has 0 amide bonds. The van der Waals surface area contributed by atoms with E-state index in [9.17, 15) is 18.3 Å². The molecule has 0 spiro atoms. The number of halogens is 1. The summed E-state index contributed by atoms with van der Waals surface area (Å²) in [6.45, 7) is 5.17. The van der Waals surface area contributed by atoms with Crippen molar-refractivity contribution < 1.29 is 18.3 Å². The van der Waals surface area contributed by atoms with Gasteiger partial charge in [-0.1, -0.05) is 29.8 Å². The van der Waals surface area contributed by atoms with Crippen LogP contribution in [0.15, 0.2) is 27.6 Å². The summed E-state index contributed by atoms with van der Waals surface area (Å²) in [5, 5.41) is 9.33. The first-order valence-corrected chi connectivity index (χ1v) is 8.95. The predicted octanol–water partition coefficient (Wildman–Crippen LogP) is 2.93. The molecular formula is C14H20BrNO4S. The van der Waals surface area contributed by atoms with Crippen LogP contribution >= 0.6 is 15.9 Å². The lowest BCUT2D eigenvalue weighted by atomic mass is 9.83. The maximum atomic E-state index is 12.3. The van der Waals surface area contributed by atoms with Crippen molar-refractivity contribution >= 4 is 31.9 Å². The molecular weight excluding hydrogens is 358 g/mol. The molecule has 1 aromatic carbocycles. The molecule has 5 nitrogen and oxygen atoms in total. The van der Waals surface area contributed by atoms with Gasteiger partial charge in [-0.2, -0.15) is 0 Å². The van der Waals surface area contributed by atoms with Crippen LogP contribution in [0.3, 0.4) is 0 Å². The Bertz CT molecular complexity index is 624. The second-order valence-corrected chi connectivity index (χ2v) is 7.65. The number of carbonyl (C=O) groups is 1. The molecule has 0 unspecified atom stereocenters. The minimum absolute atomic E-state index is 0.118. The lowest BCUT2D eigenvalue weighted by Crippen LogP contribution is -2.42. The maximum absolute atomic E-state index is 12.3. The fourth-order valence-corrected chi connectivity index (χ4v) is 3.44. The number of rotatable bonds is 7. The normalized spacial score (nSPS) is 12.4. The molecule has 0 saturated heterocycles. The third-order valence-electron chi connectivity index (χ3n) is 3.85. The van der Waals surface area contributed by atoms with Crippen LogP contribution < -0.4 is 4.72 Å². The molecule has 118 valence electrons. The molecule has 0 saturated carbocycles. The van der Waals surface area contributed by atoms with Gasteiger partial charge in [0.05, 0.1) is 10.3 Å². The van der Waals surface area contributed by atoms with Crippen molar-refractivity contribution in [2.75, 3.05) is 6.54 Å². The summed E-state index contributed by atoms with van der Waals surface area (Å²) in [6.07, 6.45) is 0.724. The zero-order valence-electron chi connectivity index (χ0n) is 12.3. The van der Waals surface area contributed by atoms with E-state index < -0.39 is 21.4 Å². The molecule has 0 aliphatic heterocycles. The Hall–Kier alpha value is -0.920. The molecule has 21 heavy (non-hydrogen) atoms. The van der Waals surface area contributed by atoms with Gasteiger partial charge in [-0.3, -0.25) is 4.79 Å². The smallest absolute Gasteiger partial charge is 0.310 e. The average Bonchev–Trinajstić information content (AvgIpc) is 2.43. The van der Waals surface area contributed by atoms with Gasteiger partial charge in [-0.05, 0) is 43.5 Å². The Morgan fingerprint density at radius 2 is 1.90 bits per heavy atom. The molecule has 0 atom stereocenters. The first kappa shape index (κ1) is 18.1. The largest absolute Gasteiger partial charge is 0.481 e. The molecule has 0 heterocycles. The molecule has 1 aromatic rings. The predicted molar refractivity (Wildman–Crippen MR) is 84.7 cm³/mol. The van der Waals surface area contributed by atoms with E-state index in [1.54, 1.807) is 32.9 Å². The molecule has 1 rings (SSSR count). The molecule has 0 aliphatic rings. The number of hydrogen-bond donors (Lipinski definition) is 2. The van der Waals surface area contributed by atoms with Gasteiger partial charge in [0, 0.05) is 11.0 Å². The summed E-state index contributed by atoms with van der Waals surface area (Å²) in [5.41, 5.74) is -0.273. The van der Waals surface area contributed by atoms with Gasteiger partial charge < -0.3 is 5.11 Å². The number of carboxylic acid groups (broad SMARTS) is 1. The maximum Gasteiger partial charge on any atom is 0.310 e. The fraction of sp³-hybridized carbons (Fsp3) is 0.500. The van der Waals surface area contributed by atoms with Crippen LogP contribution in [0.5, 0.6) is 0 Å². The van der Waals surface area contributed by atoms with Crippen molar-refractivity contribution in [3.05, 3.63) is 28.2 Å². The number of sulfonamides is 1. The van der Waals surface area contributed by atoms with E-state index in [4.69, 9.17) is 0 Å². The summed E-state index contributed by atoms with van der Waals surface area (Å²) in [4.78, 5) is 11.5. The van der Waals surface area contributed by atoms with Crippen molar-refractivity contribution in [1.82, 2.24) is 4.72 Å². The molecule has 2 N–H and O–H groups in total. The van der Waals surface area contributed by atoms with E-state index in [-0.39, 0.29) is 11.4 Å². The van der Waals surface area contributed by atoms with Gasteiger partial charge in [-0.25, -0.2) is 13.1 Å². The number of nitrogens with one attached hydrogen (secondary N) is 1. The van der Waals surface area contributed by atoms with Crippen molar-refractivity contribution in [1.29, 1.82) is 0 Å². The van der Waals surface area contributed by atoms with Crippen molar-refractivity contribution in [2.45, 2.75) is 38.5 Å². The van der Waals surface area contributed by atoms with Gasteiger partial charge in [0.15, 0.2) is 0 Å². The summed E-state index contributed by atoms with van der Waals surface area (Å²) >= 11 is 3.32. The van der Waals surface area contributed by atoms with Gasteiger partial charge >= 0.3 is 5.97 Å². The second kappa shape index (κ2) is 6.89. The van der Waals surface area contributed by atoms with Crippen molar-refractivity contribution in [3.8, 4) is 0 Å². The van der Waals surface area contributed by atoms with Crippen LogP contribution in [0.2, 0.25) is 0 Å². The minimum Gasteiger partial charge on any atom is -0.481 e. The number of hydrogen-bond acceptors (Lipinski definition) is 3. The fourth-order valence-electron chi connectivity index (χ4n) is 1.98. The molecule has 7 heteroatoms. The molecule has 0 aromatic heterocycles. The highest BCUT2D eigenvalue weighted by atomic mass is 79.9. The van der Waals surface area contributed by atoms with Crippen molar-refractivity contribution in [2.24, 2.45) is 5.41 Å². The highest BCUT2D eigenvalue weighted by Gasteiger charge is 2.36. The number of aliphatic carboxylic acids is 1. The minimum atomic E-state index is -3.72. The van der Waals surface area contributed by atoms with Gasteiger partial charge in [0.2, 0.25) is 10.0 Å². The first-order chi connectivity index (χ1) is 9.68. The molecule has 0 radical (unpaired) electrons. The van der Waals surface area contributed by atoms with Gasteiger partial charge in [0.1, 0.15) is 0 Å². The lowest BCUT2D eigenvalue weighted by molar-refractivity contribution is -0.149. The van der Waals surface area contributed by atoms with E-state index in [1.807, 2.05) is 0 Å². The van der Waals surface area contributed by atoms with E-state index >= 15 is 0 Å². The third kappa shape index (κ3) is 4.05. The van der Waals surface area contributed by atoms with Crippen LogP contribution in [0.25, 0.3) is 0 Å². The Morgan fingerprint density at radius 3 is 2.33 bits per heavy atom. The van der Waals surface area contributed by atoms with Crippen LogP contribution in [-0.4, -0.2) is 26.0 Å². The Kier molecular flexibility index (Phi) is 5.95. The lowest BCUT2D eigenvalue weighted by Gasteiger charge is -2.26. The Morgan fingerprint density at radius 1 is 1.33 bits per heavy atom. The van der Waals surface area contributed by atoms with Gasteiger partial charge in [0.25, 0.3) is 0 Å². The first-order valence-electron chi connectivity index (χ1n) is 6.67. The van der Waals surface area contributed by atoms with Crippen molar-refractivity contribution in [3.63, 3.8) is 0 Å². The quantitative estimate of drug-likeness (QED) is 0.764. The molecule has 0 bridgehead atoms.